The molecule has 8 aromatic carbocycles. The van der Waals surface area contributed by atoms with Gasteiger partial charge in [-0.1, -0.05) is 139 Å². The molecule has 0 aliphatic heterocycles. The largest absolute Gasteiger partial charge is 0.456 e. The van der Waals surface area contributed by atoms with Crippen LogP contribution in [0.2, 0.25) is 0 Å². The van der Waals surface area contributed by atoms with E-state index < -0.39 is 0 Å². The van der Waals surface area contributed by atoms with E-state index >= 15 is 0 Å². The summed E-state index contributed by atoms with van der Waals surface area (Å²) in [5.41, 5.74) is 17.3. The molecular formula is C55H38N6OS. The molecule has 12 aromatic rings. The van der Waals surface area contributed by atoms with Crippen LogP contribution in [0.1, 0.15) is 16.0 Å². The van der Waals surface area contributed by atoms with Crippen LogP contribution in [0.25, 0.3) is 93.7 Å². The summed E-state index contributed by atoms with van der Waals surface area (Å²) in [6.45, 7) is 2.10. The number of thiophene rings is 1. The zero-order valence-electron chi connectivity index (χ0n) is 34.2. The molecule has 0 saturated heterocycles. The Bertz CT molecular complexity index is 3670. The highest BCUT2D eigenvalue weighted by Gasteiger charge is 2.20. The highest BCUT2D eigenvalue weighted by molar-refractivity contribution is 7.21. The molecule has 0 atom stereocenters. The van der Waals surface area contributed by atoms with E-state index in [2.05, 4.69) is 96.4 Å². The van der Waals surface area contributed by atoms with Gasteiger partial charge in [-0.05, 0) is 67.6 Å². The molecule has 0 fully saturated rings. The number of nitrogens with zero attached hydrogens (tertiary/aromatic N) is 4. The van der Waals surface area contributed by atoms with Gasteiger partial charge in [0.05, 0.1) is 27.3 Å². The number of aromatic nitrogens is 4. The van der Waals surface area contributed by atoms with Gasteiger partial charge in [0, 0.05) is 59.6 Å². The SMILES string of the molecule is Cc1ccc2oc3cccc(-c4nc(-c5ccccc5)nc(-c5ccc6c(c5)c5ccccc5n6-c5ccccc5)n4)c3c2c1.N=C(c1ccccc1)c1sc2ccccc2c1N. The zero-order chi connectivity index (χ0) is 42.4. The first-order chi connectivity index (χ1) is 31.0. The normalized spacial score (nSPS) is 11.4. The Morgan fingerprint density at radius 3 is 1.97 bits per heavy atom. The number of furan rings is 1. The van der Waals surface area contributed by atoms with Gasteiger partial charge < -0.3 is 14.7 Å². The van der Waals surface area contributed by atoms with Crippen LogP contribution >= 0.6 is 11.3 Å². The fourth-order valence-corrected chi connectivity index (χ4v) is 9.52. The summed E-state index contributed by atoms with van der Waals surface area (Å²) < 4.78 is 9.70. The third-order valence-electron chi connectivity index (χ3n) is 11.4. The lowest BCUT2D eigenvalue weighted by atomic mass is 10.0. The van der Waals surface area contributed by atoms with Crippen LogP contribution in [0.5, 0.6) is 0 Å². The summed E-state index contributed by atoms with van der Waals surface area (Å²) in [4.78, 5) is 16.1. The van der Waals surface area contributed by atoms with E-state index in [4.69, 9.17) is 30.5 Å². The fourth-order valence-electron chi connectivity index (χ4n) is 8.42. The maximum absolute atomic E-state index is 8.27. The summed E-state index contributed by atoms with van der Waals surface area (Å²) in [6.07, 6.45) is 0. The van der Waals surface area contributed by atoms with Crippen molar-refractivity contribution in [3.05, 3.63) is 210 Å². The van der Waals surface area contributed by atoms with Crippen molar-refractivity contribution in [2.45, 2.75) is 6.92 Å². The van der Waals surface area contributed by atoms with Crippen molar-refractivity contribution in [3.63, 3.8) is 0 Å². The second-order valence-corrected chi connectivity index (χ2v) is 16.5. The molecule has 12 rings (SSSR count). The first-order valence-electron chi connectivity index (χ1n) is 20.7. The van der Waals surface area contributed by atoms with Crippen LogP contribution in [-0.4, -0.2) is 25.2 Å². The molecule has 0 amide bonds. The van der Waals surface area contributed by atoms with Crippen molar-refractivity contribution in [2.24, 2.45) is 0 Å². The quantitative estimate of drug-likeness (QED) is 0.162. The maximum atomic E-state index is 8.27. The molecule has 8 heteroatoms. The Balaban J connectivity index is 0.000000206. The number of nitrogen functional groups attached to an aromatic ring is 1. The minimum absolute atomic E-state index is 0.495. The molecule has 0 unspecified atom stereocenters. The molecule has 300 valence electrons. The molecule has 0 aliphatic rings. The third-order valence-corrected chi connectivity index (χ3v) is 12.6. The molecule has 4 heterocycles. The first-order valence-corrected chi connectivity index (χ1v) is 21.5. The Labute approximate surface area is 366 Å². The molecule has 7 nitrogen and oxygen atoms in total. The van der Waals surface area contributed by atoms with Gasteiger partial charge in [-0.15, -0.1) is 11.3 Å². The number of nitrogens with two attached hydrogens (primary N) is 1. The number of benzene rings is 8. The molecule has 0 spiro atoms. The summed E-state index contributed by atoms with van der Waals surface area (Å²) in [7, 11) is 0. The van der Waals surface area contributed by atoms with Gasteiger partial charge in [-0.3, -0.25) is 5.41 Å². The number of para-hydroxylation sites is 2. The predicted octanol–water partition coefficient (Wildman–Crippen LogP) is 14.1. The Hall–Kier alpha value is -8.20. The number of aryl methyl sites for hydroxylation is 1. The lowest BCUT2D eigenvalue weighted by Crippen LogP contribution is -2.01. The van der Waals surface area contributed by atoms with Crippen molar-refractivity contribution in [1.29, 1.82) is 5.41 Å². The van der Waals surface area contributed by atoms with E-state index in [9.17, 15) is 0 Å². The van der Waals surface area contributed by atoms with E-state index in [1.165, 1.54) is 10.9 Å². The zero-order valence-corrected chi connectivity index (χ0v) is 35.0. The lowest BCUT2D eigenvalue weighted by molar-refractivity contribution is 0.669. The Kier molecular flexibility index (Phi) is 9.40. The van der Waals surface area contributed by atoms with E-state index in [1.54, 1.807) is 11.3 Å². The van der Waals surface area contributed by atoms with Crippen LogP contribution in [-0.2, 0) is 0 Å². The van der Waals surface area contributed by atoms with E-state index in [1.807, 2.05) is 109 Å². The van der Waals surface area contributed by atoms with Gasteiger partial charge in [0.2, 0.25) is 0 Å². The molecular weight excluding hydrogens is 793 g/mol. The molecule has 0 radical (unpaired) electrons. The van der Waals surface area contributed by atoms with Gasteiger partial charge >= 0.3 is 0 Å². The van der Waals surface area contributed by atoms with Gasteiger partial charge in [-0.2, -0.15) is 0 Å². The smallest absolute Gasteiger partial charge is 0.164 e. The average Bonchev–Trinajstić information content (AvgIpc) is 4.00. The number of rotatable bonds is 6. The van der Waals surface area contributed by atoms with Crippen molar-refractivity contribution < 1.29 is 4.42 Å². The minimum Gasteiger partial charge on any atom is -0.456 e. The van der Waals surface area contributed by atoms with Crippen LogP contribution in [0.4, 0.5) is 5.69 Å². The summed E-state index contributed by atoms with van der Waals surface area (Å²) in [5, 5.41) is 13.7. The van der Waals surface area contributed by atoms with Gasteiger partial charge in [-0.25, -0.2) is 15.0 Å². The van der Waals surface area contributed by atoms with Crippen LogP contribution in [0.3, 0.4) is 0 Å². The average molecular weight is 831 g/mol. The standard InChI is InChI=1S/C40H26N4O.C15H12N2S/c1-25-19-22-35-32(23-25)37-30(16-10-18-36(37)45-35)40-42-38(26-11-4-2-5-12-26)41-39(43-40)27-20-21-34-31(24-27)29-15-8-9-17-33(29)44(34)28-13-6-3-7-14-28;16-13(10-6-2-1-3-7-10)15-14(17)11-8-4-5-9-12(11)18-15/h2-24H,1H3;1-9,16H,17H2. The number of fused-ring (bicyclic) bond motifs is 7. The van der Waals surface area contributed by atoms with Gasteiger partial charge in [0.1, 0.15) is 11.2 Å². The number of hydrogen-bond acceptors (Lipinski definition) is 7. The van der Waals surface area contributed by atoms with E-state index in [-0.39, 0.29) is 0 Å². The van der Waals surface area contributed by atoms with E-state index in [0.717, 1.165) is 81.3 Å². The molecule has 0 saturated carbocycles. The molecule has 0 bridgehead atoms. The summed E-state index contributed by atoms with van der Waals surface area (Å²) >= 11 is 1.58. The highest BCUT2D eigenvalue weighted by Crippen LogP contribution is 2.39. The minimum atomic E-state index is 0.495. The summed E-state index contributed by atoms with van der Waals surface area (Å²) in [6, 6.07) is 65.7. The third kappa shape index (κ3) is 6.79. The monoisotopic (exact) mass is 830 g/mol. The van der Waals surface area contributed by atoms with Crippen molar-refractivity contribution >= 4 is 76.6 Å². The van der Waals surface area contributed by atoms with Crippen molar-refractivity contribution in [2.75, 3.05) is 5.73 Å². The fraction of sp³-hybridized carbons (Fsp3) is 0.0182. The molecule has 4 aromatic heterocycles. The Morgan fingerprint density at radius 1 is 0.540 bits per heavy atom. The van der Waals surface area contributed by atoms with Gasteiger partial charge in [0.25, 0.3) is 0 Å². The second kappa shape index (κ2) is 15.7. The topological polar surface area (TPSA) is 107 Å². The first kappa shape index (κ1) is 37.8. The van der Waals surface area contributed by atoms with Crippen LogP contribution < -0.4 is 5.73 Å². The predicted molar refractivity (Wildman–Crippen MR) is 261 cm³/mol. The second-order valence-electron chi connectivity index (χ2n) is 15.5. The van der Waals surface area contributed by atoms with Crippen molar-refractivity contribution in [1.82, 2.24) is 19.5 Å². The molecule has 63 heavy (non-hydrogen) atoms. The lowest BCUT2D eigenvalue weighted by Gasteiger charge is -2.10. The van der Waals surface area contributed by atoms with E-state index in [0.29, 0.717) is 28.9 Å². The van der Waals surface area contributed by atoms with Gasteiger partial charge in [0.15, 0.2) is 17.5 Å². The molecule has 3 N–H and O–H groups in total. The Morgan fingerprint density at radius 2 is 1.19 bits per heavy atom. The highest BCUT2D eigenvalue weighted by atomic mass is 32.1. The maximum Gasteiger partial charge on any atom is 0.164 e. The van der Waals surface area contributed by atoms with Crippen LogP contribution in [0.15, 0.2) is 199 Å². The molecule has 0 aliphatic carbocycles. The summed E-state index contributed by atoms with van der Waals surface area (Å²) in [5.74, 6) is 1.86. The number of nitrogens with one attached hydrogen (secondary N) is 1. The van der Waals surface area contributed by atoms with Crippen molar-refractivity contribution in [3.8, 4) is 39.9 Å². The number of anilines is 1. The van der Waals surface area contributed by atoms with Crippen LogP contribution in [0, 0.1) is 12.3 Å². The number of hydrogen-bond donors (Lipinski definition) is 2.